The summed E-state index contributed by atoms with van der Waals surface area (Å²) in [5, 5.41) is 3.24. The second-order valence-corrected chi connectivity index (χ2v) is 14.5. The fourth-order valence-corrected chi connectivity index (χ4v) is 11.4. The minimum atomic E-state index is -1.13. The number of amides is 1. The highest BCUT2D eigenvalue weighted by atomic mass is 16.5. The van der Waals surface area contributed by atoms with Gasteiger partial charge in [0.15, 0.2) is 5.78 Å². The van der Waals surface area contributed by atoms with Crippen molar-refractivity contribution in [2.24, 2.45) is 51.8 Å². The Morgan fingerprint density at radius 3 is 2.50 bits per heavy atom. The monoisotopic (exact) mass is 517 g/mol. The lowest BCUT2D eigenvalue weighted by atomic mass is 9.47. The summed E-state index contributed by atoms with van der Waals surface area (Å²) in [6, 6.07) is 8.23. The molecule has 1 aromatic rings. The van der Waals surface area contributed by atoms with Gasteiger partial charge in [-0.05, 0) is 85.3 Å². The van der Waals surface area contributed by atoms with Crippen LogP contribution in [0.15, 0.2) is 35.9 Å². The molecule has 12 atom stereocenters. The molecule has 5 nitrogen and oxygen atoms in total. The first-order valence-corrected chi connectivity index (χ1v) is 14.9. The SMILES string of the molecule is CO[C@@H]1C2Cc3ccc(cc3)O[C@H]3[C@H]4[C@@H](C(C)=C[C@]5(C)CC[C@@]1(C(=O)N2)C(=O)[C@H]45)[C@]1(C)C[C@H](C)C[C@H](C)[C@@H]31. The van der Waals surface area contributed by atoms with E-state index in [9.17, 15) is 4.79 Å². The van der Waals surface area contributed by atoms with Crippen molar-refractivity contribution in [3.8, 4) is 5.75 Å². The van der Waals surface area contributed by atoms with Crippen LogP contribution in [0.5, 0.6) is 5.75 Å². The molecule has 8 rings (SSSR count). The van der Waals surface area contributed by atoms with Gasteiger partial charge in [-0.15, -0.1) is 0 Å². The molecular formula is C33H43NO4. The van der Waals surface area contributed by atoms with Crippen LogP contribution in [0.25, 0.3) is 0 Å². The molecule has 38 heavy (non-hydrogen) atoms. The predicted molar refractivity (Wildman–Crippen MR) is 145 cm³/mol. The largest absolute Gasteiger partial charge is 0.490 e. The molecular weight excluding hydrogens is 474 g/mol. The predicted octanol–water partition coefficient (Wildman–Crippen LogP) is 5.37. The van der Waals surface area contributed by atoms with E-state index in [-0.39, 0.29) is 52.4 Å². The first-order chi connectivity index (χ1) is 18.0. The number of ketones is 1. The van der Waals surface area contributed by atoms with Gasteiger partial charge in [-0.2, -0.15) is 0 Å². The number of carbonyl (C=O) groups excluding carboxylic acids is 2. The smallest absolute Gasteiger partial charge is 0.236 e. The molecule has 0 aromatic heterocycles. The fourth-order valence-electron chi connectivity index (χ4n) is 11.4. The van der Waals surface area contributed by atoms with Crippen molar-refractivity contribution in [1.82, 2.24) is 5.32 Å². The highest BCUT2D eigenvalue weighted by Gasteiger charge is 2.73. The third-order valence-corrected chi connectivity index (χ3v) is 12.2. The van der Waals surface area contributed by atoms with E-state index in [0.717, 1.165) is 24.2 Å². The molecule has 4 fully saturated rings. The average Bonchev–Trinajstić information content (AvgIpc) is 3.25. The number of Topliss-reactive ketones (excluding diaryl/α,β-unsaturated/α-hetero) is 1. The van der Waals surface area contributed by atoms with Crippen molar-refractivity contribution >= 4 is 11.7 Å². The average molecular weight is 518 g/mol. The van der Waals surface area contributed by atoms with E-state index in [2.05, 4.69) is 70.3 Å². The quantitative estimate of drug-likeness (QED) is 0.402. The van der Waals surface area contributed by atoms with Crippen LogP contribution in [0, 0.1) is 51.8 Å². The number of hydrogen-bond donors (Lipinski definition) is 1. The topological polar surface area (TPSA) is 64.6 Å². The molecule has 1 N–H and O–H groups in total. The Balaban J connectivity index is 1.48. The summed E-state index contributed by atoms with van der Waals surface area (Å²) in [7, 11) is 1.68. The number of benzene rings is 1. The van der Waals surface area contributed by atoms with Crippen molar-refractivity contribution in [3.05, 3.63) is 41.5 Å². The number of ether oxygens (including phenoxy) is 2. The summed E-state index contributed by atoms with van der Waals surface area (Å²) in [4.78, 5) is 29.0. The van der Waals surface area contributed by atoms with Gasteiger partial charge in [-0.3, -0.25) is 9.59 Å². The first-order valence-electron chi connectivity index (χ1n) is 14.9. The number of hydrogen-bond acceptors (Lipinski definition) is 4. The molecule has 5 bridgehead atoms. The molecule has 0 radical (unpaired) electrons. The minimum absolute atomic E-state index is 0.0437. The second kappa shape index (κ2) is 7.96. The number of carbonyl (C=O) groups is 2. The van der Waals surface area contributed by atoms with E-state index < -0.39 is 11.5 Å². The molecule has 5 heteroatoms. The Kier molecular flexibility index (Phi) is 5.21. The van der Waals surface area contributed by atoms with Crippen LogP contribution in [0.4, 0.5) is 0 Å². The standard InChI is InChI=1S/C33H43NO4/c1-17-13-18(2)25-27-23-24(32(25,5)15-17)19(3)16-31(4)11-12-33(28(35)26(23)31)29(37-6)22(34-30(33)36)14-20-7-9-21(38-27)10-8-20/h7-10,16-18,22-27,29H,11-15H2,1-6H3,(H,34,36)/t17-,18+,22?,23+,24-,25+,26+,27+,29-,31+,32+,33-/m1/s1. The molecule has 4 aliphatic carbocycles. The van der Waals surface area contributed by atoms with Crippen molar-refractivity contribution in [1.29, 1.82) is 0 Å². The number of allylic oxidation sites excluding steroid dienone is 2. The number of nitrogens with one attached hydrogen (secondary N) is 1. The summed E-state index contributed by atoms with van der Waals surface area (Å²) < 4.78 is 13.2. The lowest BCUT2D eigenvalue weighted by Crippen LogP contribution is -2.61. The van der Waals surface area contributed by atoms with E-state index in [0.29, 0.717) is 30.6 Å². The van der Waals surface area contributed by atoms with Gasteiger partial charge in [0.25, 0.3) is 0 Å². The van der Waals surface area contributed by atoms with Crippen LogP contribution in [0.2, 0.25) is 0 Å². The van der Waals surface area contributed by atoms with Gasteiger partial charge in [0.05, 0.1) is 12.1 Å². The van der Waals surface area contributed by atoms with Crippen LogP contribution in [0.3, 0.4) is 0 Å². The molecule has 1 saturated heterocycles. The zero-order valence-electron chi connectivity index (χ0n) is 23.8. The molecule has 3 aliphatic heterocycles. The van der Waals surface area contributed by atoms with Crippen LogP contribution >= 0.6 is 0 Å². The summed E-state index contributed by atoms with van der Waals surface area (Å²) in [6.45, 7) is 11.9. The summed E-state index contributed by atoms with van der Waals surface area (Å²) in [5.41, 5.74) is 1.19. The molecule has 7 aliphatic rings. The van der Waals surface area contributed by atoms with E-state index >= 15 is 4.79 Å². The molecule has 1 unspecified atom stereocenters. The third-order valence-electron chi connectivity index (χ3n) is 12.2. The van der Waals surface area contributed by atoms with Gasteiger partial charge in [0.2, 0.25) is 5.91 Å². The van der Waals surface area contributed by atoms with Gasteiger partial charge in [-0.1, -0.05) is 51.5 Å². The molecule has 1 amide bonds. The summed E-state index contributed by atoms with van der Waals surface area (Å²) in [6.07, 6.45) is 6.26. The Labute approximate surface area is 227 Å². The summed E-state index contributed by atoms with van der Waals surface area (Å²) in [5.74, 6) is 2.44. The Hall–Kier alpha value is -2.14. The Bertz CT molecular complexity index is 1220. The van der Waals surface area contributed by atoms with Crippen LogP contribution in [-0.2, 0) is 20.7 Å². The maximum absolute atomic E-state index is 15.1. The van der Waals surface area contributed by atoms with Gasteiger partial charge < -0.3 is 14.8 Å². The number of fused-ring (bicyclic) bond motifs is 4. The van der Waals surface area contributed by atoms with Gasteiger partial charge in [-0.25, -0.2) is 0 Å². The molecule has 3 saturated carbocycles. The van der Waals surface area contributed by atoms with Crippen molar-refractivity contribution in [2.75, 3.05) is 7.11 Å². The van der Waals surface area contributed by atoms with Crippen molar-refractivity contribution in [3.63, 3.8) is 0 Å². The van der Waals surface area contributed by atoms with Gasteiger partial charge in [0, 0.05) is 24.9 Å². The Morgan fingerprint density at radius 2 is 1.79 bits per heavy atom. The fraction of sp³-hybridized carbons (Fsp3) is 0.697. The van der Waals surface area contributed by atoms with Crippen molar-refractivity contribution in [2.45, 2.75) is 85.0 Å². The van der Waals surface area contributed by atoms with Crippen LogP contribution in [0.1, 0.15) is 65.9 Å². The second-order valence-electron chi connectivity index (χ2n) is 14.5. The van der Waals surface area contributed by atoms with Crippen LogP contribution in [-0.4, -0.2) is 37.0 Å². The summed E-state index contributed by atoms with van der Waals surface area (Å²) >= 11 is 0. The van der Waals surface area contributed by atoms with E-state index in [4.69, 9.17) is 9.47 Å². The number of rotatable bonds is 1. The van der Waals surface area contributed by atoms with E-state index in [1.165, 1.54) is 12.0 Å². The molecule has 1 spiro atoms. The van der Waals surface area contributed by atoms with Gasteiger partial charge in [0.1, 0.15) is 17.3 Å². The van der Waals surface area contributed by atoms with E-state index in [1.807, 2.05) is 0 Å². The normalized spacial score (nSPS) is 50.7. The molecule has 204 valence electrons. The highest BCUT2D eigenvalue weighted by molar-refractivity contribution is 6.10. The van der Waals surface area contributed by atoms with Crippen molar-refractivity contribution < 1.29 is 19.1 Å². The maximum atomic E-state index is 15.1. The third kappa shape index (κ3) is 2.97. The lowest BCUT2D eigenvalue weighted by molar-refractivity contribution is -0.163. The molecule has 1 aromatic carbocycles. The molecule has 3 heterocycles. The Morgan fingerprint density at radius 1 is 1.05 bits per heavy atom. The van der Waals surface area contributed by atoms with Crippen LogP contribution < -0.4 is 10.1 Å². The van der Waals surface area contributed by atoms with Gasteiger partial charge >= 0.3 is 0 Å². The van der Waals surface area contributed by atoms with E-state index in [1.54, 1.807) is 7.11 Å². The first kappa shape index (κ1) is 24.9. The zero-order valence-corrected chi connectivity index (χ0v) is 23.8. The minimum Gasteiger partial charge on any atom is -0.490 e. The lowest BCUT2D eigenvalue weighted by Gasteiger charge is -2.55. The highest BCUT2D eigenvalue weighted by Crippen LogP contribution is 2.70. The zero-order chi connectivity index (χ0) is 26.8. The number of methoxy groups -OCH3 is 1. The maximum Gasteiger partial charge on any atom is 0.236 e.